The number of hydrogen-bond acceptors (Lipinski definition) is 5. The number of aromatic nitrogens is 2. The molecular formula is C22H26N2O5. The molecule has 0 amide bonds. The third-order valence-corrected chi connectivity index (χ3v) is 3.86. The quantitative estimate of drug-likeness (QED) is 0.525. The van der Waals surface area contributed by atoms with E-state index in [1.54, 1.807) is 6.92 Å². The van der Waals surface area contributed by atoms with E-state index in [2.05, 4.69) is 9.72 Å². The zero-order chi connectivity index (χ0) is 21.4. The van der Waals surface area contributed by atoms with Crippen molar-refractivity contribution in [2.45, 2.75) is 39.3 Å². The monoisotopic (exact) mass is 398 g/mol. The molecule has 1 heterocycles. The molecule has 154 valence electrons. The Morgan fingerprint density at radius 1 is 1.10 bits per heavy atom. The van der Waals surface area contributed by atoms with Crippen LogP contribution in [0.15, 0.2) is 59.4 Å². The number of carbonyl (C=O) groups excluding carboxylic acids is 2. The van der Waals surface area contributed by atoms with Crippen molar-refractivity contribution in [3.8, 4) is 0 Å². The van der Waals surface area contributed by atoms with Crippen molar-refractivity contribution in [1.82, 2.24) is 9.55 Å². The van der Waals surface area contributed by atoms with Gasteiger partial charge in [-0.25, -0.2) is 9.59 Å². The number of rotatable bonds is 5. The number of ether oxygens (including phenoxy) is 2. The number of nitrogens with one attached hydrogen (secondary N) is 1. The number of carbonyl (C=O) groups is 2. The number of imidazole rings is 1. The average Bonchev–Trinajstić information content (AvgIpc) is 2.99. The summed E-state index contributed by atoms with van der Waals surface area (Å²) in [5, 5.41) is 0. The Bertz CT molecular complexity index is 999. The Morgan fingerprint density at radius 3 is 2.28 bits per heavy atom. The molecule has 0 aliphatic rings. The first-order valence-corrected chi connectivity index (χ1v) is 9.30. The molecule has 0 bridgehead atoms. The molecule has 1 aromatic heterocycles. The predicted octanol–water partition coefficient (Wildman–Crippen LogP) is 3.44. The first-order valence-electron chi connectivity index (χ1n) is 9.30. The number of nitrogens with zero attached hydrogens (tertiary/aromatic N) is 1. The van der Waals surface area contributed by atoms with Crippen LogP contribution in [0.3, 0.4) is 0 Å². The van der Waals surface area contributed by atoms with E-state index >= 15 is 0 Å². The first-order chi connectivity index (χ1) is 13.8. The molecule has 1 atom stereocenters. The van der Waals surface area contributed by atoms with E-state index in [0.717, 1.165) is 0 Å². The van der Waals surface area contributed by atoms with Gasteiger partial charge in [0.25, 0.3) is 6.47 Å². The fraction of sp³-hybridized carbons (Fsp3) is 0.318. The molecule has 3 rings (SSSR count). The second kappa shape index (κ2) is 9.73. The largest absolute Gasteiger partial charge is 0.468 e. The molecule has 0 saturated carbocycles. The lowest BCUT2D eigenvalue weighted by Gasteiger charge is -2.25. The van der Waals surface area contributed by atoms with Crippen LogP contribution in [-0.4, -0.2) is 34.2 Å². The molecule has 1 N–H and O–H groups in total. The van der Waals surface area contributed by atoms with Gasteiger partial charge in [-0.2, -0.15) is 0 Å². The number of H-pyrrole nitrogens is 1. The molecule has 29 heavy (non-hydrogen) atoms. The van der Waals surface area contributed by atoms with Crippen LogP contribution >= 0.6 is 0 Å². The summed E-state index contributed by atoms with van der Waals surface area (Å²) in [5.74, 6) is -0.458. The van der Waals surface area contributed by atoms with Crippen LogP contribution in [0.25, 0.3) is 11.0 Å². The van der Waals surface area contributed by atoms with Crippen LogP contribution in [0.1, 0.15) is 39.3 Å². The van der Waals surface area contributed by atoms with Crippen LogP contribution in [0.5, 0.6) is 0 Å². The van der Waals surface area contributed by atoms with Crippen LogP contribution in [-0.2, 0) is 19.1 Å². The maximum Gasteiger partial charge on any atom is 0.334 e. The number of aromatic amines is 1. The standard InChI is InChI=1S/C19H20N2O3.C3H6O2/c1-19(2,3)24-17(22)16(13-9-5-4-6-10-13)21-15-12-8-7-11-14(15)20-18(21)23;1-2-5-3-4/h4-12,16H,1-3H3,(H,20,23);3H,2H2,1H3. The van der Waals surface area contributed by atoms with Gasteiger partial charge in [-0.15, -0.1) is 0 Å². The van der Waals surface area contributed by atoms with Gasteiger partial charge in [0.1, 0.15) is 5.60 Å². The topological polar surface area (TPSA) is 90.4 Å². The third kappa shape index (κ3) is 5.81. The van der Waals surface area contributed by atoms with Gasteiger partial charge in [-0.3, -0.25) is 9.36 Å². The lowest BCUT2D eigenvalue weighted by Crippen LogP contribution is -2.34. The Balaban J connectivity index is 0.000000537. The Morgan fingerprint density at radius 2 is 1.72 bits per heavy atom. The summed E-state index contributed by atoms with van der Waals surface area (Å²) < 4.78 is 11.2. The second-order valence-corrected chi connectivity index (χ2v) is 7.22. The van der Waals surface area contributed by atoms with Crippen LogP contribution < -0.4 is 5.69 Å². The number of benzene rings is 2. The number of hydrogen-bond donors (Lipinski definition) is 1. The molecule has 7 nitrogen and oxygen atoms in total. The first kappa shape index (κ1) is 21.9. The van der Waals surface area contributed by atoms with Gasteiger partial charge in [-0.1, -0.05) is 42.5 Å². The van der Waals surface area contributed by atoms with Crippen molar-refractivity contribution in [2.24, 2.45) is 0 Å². The lowest BCUT2D eigenvalue weighted by molar-refractivity contribution is -0.157. The maximum absolute atomic E-state index is 12.9. The molecule has 0 fully saturated rings. The molecule has 0 radical (unpaired) electrons. The summed E-state index contributed by atoms with van der Waals surface area (Å²) in [6.45, 7) is 8.10. The summed E-state index contributed by atoms with van der Waals surface area (Å²) in [7, 11) is 0. The summed E-state index contributed by atoms with van der Waals surface area (Å²) in [6.07, 6.45) is 0. The SMILES string of the molecule is CC(C)(C)OC(=O)C(c1ccccc1)n1c(=O)[nH]c2ccccc21.CCOC=O. The average molecular weight is 398 g/mol. The Kier molecular flexibility index (Phi) is 7.36. The van der Waals surface area contributed by atoms with Gasteiger partial charge in [-0.05, 0) is 45.4 Å². The summed E-state index contributed by atoms with van der Waals surface area (Å²) in [4.78, 5) is 37.4. The number of fused-ring (bicyclic) bond motifs is 1. The van der Waals surface area contributed by atoms with Gasteiger partial charge in [0.05, 0.1) is 17.6 Å². The van der Waals surface area contributed by atoms with Crippen molar-refractivity contribution in [3.05, 3.63) is 70.6 Å². The fourth-order valence-corrected chi connectivity index (χ4v) is 2.78. The second-order valence-electron chi connectivity index (χ2n) is 7.22. The minimum atomic E-state index is -0.839. The van der Waals surface area contributed by atoms with E-state index in [9.17, 15) is 14.4 Å². The Labute approximate surface area is 169 Å². The molecule has 1 unspecified atom stereocenters. The molecule has 2 aromatic carbocycles. The lowest BCUT2D eigenvalue weighted by atomic mass is 10.1. The highest BCUT2D eigenvalue weighted by Crippen LogP contribution is 2.25. The van der Waals surface area contributed by atoms with Crippen LogP contribution in [0.4, 0.5) is 0 Å². The number of esters is 1. The summed E-state index contributed by atoms with van der Waals surface area (Å²) >= 11 is 0. The van der Waals surface area contributed by atoms with Gasteiger partial charge in [0.15, 0.2) is 6.04 Å². The van der Waals surface area contributed by atoms with Gasteiger partial charge in [0.2, 0.25) is 0 Å². The van der Waals surface area contributed by atoms with Crippen molar-refractivity contribution < 1.29 is 19.1 Å². The smallest absolute Gasteiger partial charge is 0.334 e. The molecule has 0 spiro atoms. The highest BCUT2D eigenvalue weighted by molar-refractivity contribution is 5.83. The normalized spacial score (nSPS) is 11.9. The van der Waals surface area contributed by atoms with Crippen molar-refractivity contribution in [2.75, 3.05) is 6.61 Å². The molecule has 0 saturated heterocycles. The molecule has 3 aromatic rings. The predicted molar refractivity (Wildman–Crippen MR) is 111 cm³/mol. The summed E-state index contributed by atoms with van der Waals surface area (Å²) in [5.41, 5.74) is 1.09. The molecule has 0 aliphatic carbocycles. The zero-order valence-corrected chi connectivity index (χ0v) is 17.0. The van der Waals surface area contributed by atoms with Gasteiger partial charge >= 0.3 is 11.7 Å². The van der Waals surface area contributed by atoms with E-state index in [1.807, 2.05) is 75.4 Å². The van der Waals surface area contributed by atoms with Crippen LogP contribution in [0, 0.1) is 0 Å². The molecular weight excluding hydrogens is 372 g/mol. The van der Waals surface area contributed by atoms with E-state index < -0.39 is 17.6 Å². The third-order valence-electron chi connectivity index (χ3n) is 3.86. The minimum Gasteiger partial charge on any atom is -0.468 e. The zero-order valence-electron chi connectivity index (χ0n) is 17.0. The van der Waals surface area contributed by atoms with Crippen molar-refractivity contribution in [1.29, 1.82) is 0 Å². The Hall–Kier alpha value is -3.35. The highest BCUT2D eigenvalue weighted by atomic mass is 16.6. The summed E-state index contributed by atoms with van der Waals surface area (Å²) in [6, 6.07) is 15.7. The van der Waals surface area contributed by atoms with Crippen LogP contribution in [0.2, 0.25) is 0 Å². The minimum absolute atomic E-state index is 0.337. The van der Waals surface area contributed by atoms with Crippen molar-refractivity contribution >= 4 is 23.5 Å². The maximum atomic E-state index is 12.9. The van der Waals surface area contributed by atoms with E-state index in [0.29, 0.717) is 29.7 Å². The van der Waals surface area contributed by atoms with Gasteiger partial charge in [0, 0.05) is 0 Å². The van der Waals surface area contributed by atoms with Gasteiger partial charge < -0.3 is 14.5 Å². The fourth-order valence-electron chi connectivity index (χ4n) is 2.78. The van der Waals surface area contributed by atoms with E-state index in [1.165, 1.54) is 4.57 Å². The highest BCUT2D eigenvalue weighted by Gasteiger charge is 2.30. The molecule has 0 aliphatic heterocycles. The number of para-hydroxylation sites is 2. The molecule has 7 heteroatoms. The van der Waals surface area contributed by atoms with Crippen molar-refractivity contribution in [3.63, 3.8) is 0 Å². The van der Waals surface area contributed by atoms with E-state index in [4.69, 9.17) is 4.74 Å². The van der Waals surface area contributed by atoms with E-state index in [-0.39, 0.29) is 5.69 Å².